The summed E-state index contributed by atoms with van der Waals surface area (Å²) in [5, 5.41) is 1.35. The second-order valence-electron chi connectivity index (χ2n) is 7.38. The first kappa shape index (κ1) is 21.9. The Morgan fingerprint density at radius 3 is 2.35 bits per heavy atom. The summed E-state index contributed by atoms with van der Waals surface area (Å²) in [6.45, 7) is 2.66. The van der Waals surface area contributed by atoms with Crippen molar-refractivity contribution in [3.8, 4) is 0 Å². The van der Waals surface area contributed by atoms with Crippen LogP contribution in [0.15, 0.2) is 65.1 Å². The van der Waals surface area contributed by atoms with Crippen molar-refractivity contribution in [2.75, 3.05) is 31.1 Å². The standard InChI is InChI=1S/C23H22Cl2N2O3S/c24-18-6-4-17(5-7-18)15-31(29)16-21-8-9-22(30-21)23(28)27-12-10-26(11-13-27)20-3-1-2-19(25)14-20/h1-9,14H,10-13,15-16H2/t31-/m1/s1. The highest BCUT2D eigenvalue weighted by molar-refractivity contribution is 7.83. The topological polar surface area (TPSA) is 53.8 Å². The molecule has 0 saturated carbocycles. The van der Waals surface area contributed by atoms with Gasteiger partial charge in [-0.05, 0) is 48.0 Å². The number of amides is 1. The Hall–Kier alpha value is -2.28. The van der Waals surface area contributed by atoms with Gasteiger partial charge in [0.25, 0.3) is 5.91 Å². The molecule has 162 valence electrons. The zero-order valence-electron chi connectivity index (χ0n) is 16.8. The molecule has 31 heavy (non-hydrogen) atoms. The van der Waals surface area contributed by atoms with Gasteiger partial charge in [-0.25, -0.2) is 0 Å². The van der Waals surface area contributed by atoms with Crippen molar-refractivity contribution in [2.45, 2.75) is 11.5 Å². The molecule has 2 aromatic carbocycles. The lowest BCUT2D eigenvalue weighted by Gasteiger charge is -2.35. The Morgan fingerprint density at radius 2 is 1.65 bits per heavy atom. The predicted molar refractivity (Wildman–Crippen MR) is 125 cm³/mol. The third-order valence-corrected chi connectivity index (χ3v) is 6.91. The van der Waals surface area contributed by atoms with Crippen molar-refractivity contribution < 1.29 is 13.4 Å². The Kier molecular flexibility index (Phi) is 7.00. The number of rotatable bonds is 6. The number of piperazine rings is 1. The van der Waals surface area contributed by atoms with Crippen LogP contribution < -0.4 is 4.90 Å². The van der Waals surface area contributed by atoms with Crippen LogP contribution in [0.3, 0.4) is 0 Å². The van der Waals surface area contributed by atoms with Crippen molar-refractivity contribution in [3.63, 3.8) is 0 Å². The number of benzene rings is 2. The Labute approximate surface area is 194 Å². The van der Waals surface area contributed by atoms with E-state index in [1.54, 1.807) is 29.2 Å². The van der Waals surface area contributed by atoms with Crippen molar-refractivity contribution in [1.29, 1.82) is 0 Å². The molecular weight excluding hydrogens is 455 g/mol. The Morgan fingerprint density at radius 1 is 0.903 bits per heavy atom. The molecule has 1 saturated heterocycles. The second kappa shape index (κ2) is 9.90. The van der Waals surface area contributed by atoms with E-state index in [1.807, 2.05) is 36.4 Å². The molecule has 1 atom stereocenters. The van der Waals surface area contributed by atoms with Crippen molar-refractivity contribution in [1.82, 2.24) is 4.90 Å². The van der Waals surface area contributed by atoms with Gasteiger partial charge in [0.2, 0.25) is 0 Å². The highest BCUT2D eigenvalue weighted by Crippen LogP contribution is 2.22. The summed E-state index contributed by atoms with van der Waals surface area (Å²) in [7, 11) is -1.14. The van der Waals surface area contributed by atoms with Crippen molar-refractivity contribution >= 4 is 45.6 Å². The fourth-order valence-corrected chi connectivity index (χ4v) is 4.99. The summed E-state index contributed by atoms with van der Waals surface area (Å²) in [5.74, 6) is 1.37. The van der Waals surface area contributed by atoms with E-state index in [0.717, 1.165) is 24.3 Å². The number of carbonyl (C=O) groups is 1. The maximum atomic E-state index is 12.8. The molecule has 0 unspecified atom stereocenters. The van der Waals surface area contributed by atoms with E-state index >= 15 is 0 Å². The molecule has 2 heterocycles. The minimum atomic E-state index is -1.14. The quantitative estimate of drug-likeness (QED) is 0.502. The SMILES string of the molecule is O=C(c1ccc(C[S@](=O)Cc2ccc(Cl)cc2)o1)N1CCN(c2cccc(Cl)c2)CC1. The van der Waals surface area contributed by atoms with Crippen LogP contribution in [0.4, 0.5) is 5.69 Å². The summed E-state index contributed by atoms with van der Waals surface area (Å²) < 4.78 is 18.2. The number of halogens is 2. The average Bonchev–Trinajstić information content (AvgIpc) is 3.23. The lowest BCUT2D eigenvalue weighted by Crippen LogP contribution is -2.48. The number of hydrogen-bond donors (Lipinski definition) is 0. The maximum absolute atomic E-state index is 12.8. The monoisotopic (exact) mass is 476 g/mol. The summed E-state index contributed by atoms with van der Waals surface area (Å²) in [4.78, 5) is 16.8. The maximum Gasteiger partial charge on any atom is 0.289 e. The second-order valence-corrected chi connectivity index (χ2v) is 9.71. The first-order chi connectivity index (χ1) is 15.0. The molecule has 5 nitrogen and oxygen atoms in total. The molecule has 3 aromatic rings. The van der Waals surface area contributed by atoms with E-state index in [4.69, 9.17) is 27.6 Å². The molecule has 0 spiro atoms. The first-order valence-corrected chi connectivity index (χ1v) is 12.2. The third kappa shape index (κ3) is 5.70. The molecule has 1 aliphatic heterocycles. The molecule has 0 bridgehead atoms. The molecule has 1 aromatic heterocycles. The number of hydrogen-bond acceptors (Lipinski definition) is 4. The summed E-state index contributed by atoms with van der Waals surface area (Å²) in [6.07, 6.45) is 0. The largest absolute Gasteiger partial charge is 0.455 e. The van der Waals surface area contributed by atoms with Crippen LogP contribution in [0, 0.1) is 0 Å². The molecule has 0 aliphatic carbocycles. The minimum Gasteiger partial charge on any atom is -0.455 e. The van der Waals surface area contributed by atoms with Gasteiger partial charge < -0.3 is 14.2 Å². The van der Waals surface area contributed by atoms with Crippen LogP contribution in [0.25, 0.3) is 0 Å². The molecule has 4 rings (SSSR count). The number of anilines is 1. The number of furan rings is 1. The van der Waals surface area contributed by atoms with E-state index in [2.05, 4.69) is 4.90 Å². The molecular formula is C23H22Cl2N2O3S. The predicted octanol–water partition coefficient (Wildman–Crippen LogP) is 5.00. The van der Waals surface area contributed by atoms with Gasteiger partial charge in [0.15, 0.2) is 5.76 Å². The smallest absolute Gasteiger partial charge is 0.289 e. The van der Waals surface area contributed by atoms with Crippen LogP contribution in [0.1, 0.15) is 21.9 Å². The van der Waals surface area contributed by atoms with Gasteiger partial charge >= 0.3 is 0 Å². The Bertz CT molecular complexity index is 1080. The summed E-state index contributed by atoms with van der Waals surface area (Å²) in [6, 6.07) is 18.4. The molecule has 0 N–H and O–H groups in total. The van der Waals surface area contributed by atoms with E-state index in [1.165, 1.54) is 0 Å². The normalized spacial score (nSPS) is 15.2. The fourth-order valence-electron chi connectivity index (χ4n) is 3.54. The van der Waals surface area contributed by atoms with Gasteiger partial charge in [-0.1, -0.05) is 41.4 Å². The first-order valence-electron chi connectivity index (χ1n) is 9.96. The van der Waals surface area contributed by atoms with Crippen molar-refractivity contribution in [2.24, 2.45) is 0 Å². The van der Waals surface area contributed by atoms with Gasteiger partial charge in [-0.3, -0.25) is 9.00 Å². The van der Waals surface area contributed by atoms with Crippen molar-refractivity contribution in [3.05, 3.63) is 87.8 Å². The Balaban J connectivity index is 1.31. The highest BCUT2D eigenvalue weighted by atomic mass is 35.5. The van der Waals surface area contributed by atoms with Gasteiger partial charge in [0, 0.05) is 58.5 Å². The zero-order valence-corrected chi connectivity index (χ0v) is 19.1. The van der Waals surface area contributed by atoms with Crippen LogP contribution in [-0.2, 0) is 22.3 Å². The highest BCUT2D eigenvalue weighted by Gasteiger charge is 2.24. The van der Waals surface area contributed by atoms with E-state index in [9.17, 15) is 9.00 Å². The molecule has 1 amide bonds. The molecule has 1 aliphatic rings. The zero-order chi connectivity index (χ0) is 21.8. The van der Waals surface area contributed by atoms with Crippen LogP contribution in [0.5, 0.6) is 0 Å². The lowest BCUT2D eigenvalue weighted by atomic mass is 10.2. The molecule has 1 fully saturated rings. The third-order valence-electron chi connectivity index (χ3n) is 5.16. The number of carbonyl (C=O) groups excluding carboxylic acids is 1. The summed E-state index contributed by atoms with van der Waals surface area (Å²) >= 11 is 12.0. The number of nitrogens with zero attached hydrogens (tertiary/aromatic N) is 2. The van der Waals surface area contributed by atoms with Gasteiger partial charge in [0.05, 0.1) is 5.75 Å². The minimum absolute atomic E-state index is 0.138. The van der Waals surface area contributed by atoms with Crippen LogP contribution in [-0.4, -0.2) is 41.2 Å². The summed E-state index contributed by atoms with van der Waals surface area (Å²) in [5.41, 5.74) is 2.01. The van der Waals surface area contributed by atoms with Gasteiger partial charge in [-0.2, -0.15) is 0 Å². The van der Waals surface area contributed by atoms with Gasteiger partial charge in [-0.15, -0.1) is 0 Å². The van der Waals surface area contributed by atoms with Crippen LogP contribution >= 0.6 is 23.2 Å². The van der Waals surface area contributed by atoms with Gasteiger partial charge in [0.1, 0.15) is 5.76 Å². The van der Waals surface area contributed by atoms with E-state index in [0.29, 0.717) is 34.6 Å². The molecule has 8 heteroatoms. The lowest BCUT2D eigenvalue weighted by molar-refractivity contribution is 0.0713. The fraction of sp³-hybridized carbons (Fsp3) is 0.261. The van der Waals surface area contributed by atoms with E-state index in [-0.39, 0.29) is 17.4 Å². The van der Waals surface area contributed by atoms with Crippen LogP contribution in [0.2, 0.25) is 10.0 Å². The average molecular weight is 477 g/mol. The van der Waals surface area contributed by atoms with E-state index < -0.39 is 10.8 Å². The molecule has 0 radical (unpaired) electrons.